The highest BCUT2D eigenvalue weighted by molar-refractivity contribution is 5.87. The Kier molecular flexibility index (Phi) is 3.27. The Bertz CT molecular complexity index is 453. The number of phenols is 1. The summed E-state index contributed by atoms with van der Waals surface area (Å²) < 4.78 is 4.96. The van der Waals surface area contributed by atoms with Crippen LogP contribution in [0.4, 0.5) is 0 Å². The molecule has 1 aromatic carbocycles. The smallest absolute Gasteiger partial charge is 0.243 e. The van der Waals surface area contributed by atoms with E-state index in [0.29, 0.717) is 11.3 Å². The molecule has 1 aromatic rings. The van der Waals surface area contributed by atoms with Crippen molar-refractivity contribution in [2.24, 2.45) is 11.0 Å². The lowest BCUT2D eigenvalue weighted by Gasteiger charge is -2.04. The lowest BCUT2D eigenvalue weighted by Crippen LogP contribution is -2.18. The van der Waals surface area contributed by atoms with Gasteiger partial charge in [-0.3, -0.25) is 4.79 Å². The lowest BCUT2D eigenvalue weighted by molar-refractivity contribution is -0.122. The summed E-state index contributed by atoms with van der Waals surface area (Å²) in [6.07, 6.45) is 3.27. The van der Waals surface area contributed by atoms with Gasteiger partial charge in [-0.2, -0.15) is 5.10 Å². The number of aromatic hydroxyl groups is 1. The molecule has 1 aliphatic carbocycles. The van der Waals surface area contributed by atoms with E-state index in [2.05, 4.69) is 10.5 Å². The monoisotopic (exact) mass is 234 g/mol. The summed E-state index contributed by atoms with van der Waals surface area (Å²) in [5.74, 6) is 0.441. The van der Waals surface area contributed by atoms with Crippen LogP contribution in [0.5, 0.6) is 11.5 Å². The number of hydrogen-bond donors (Lipinski definition) is 2. The highest BCUT2D eigenvalue weighted by Crippen LogP contribution is 2.29. The van der Waals surface area contributed by atoms with Crippen LogP contribution in [-0.4, -0.2) is 24.3 Å². The van der Waals surface area contributed by atoms with Gasteiger partial charge in [-0.1, -0.05) is 6.07 Å². The second-order valence-electron chi connectivity index (χ2n) is 3.91. The third kappa shape index (κ3) is 2.75. The minimum Gasteiger partial charge on any atom is -0.504 e. The number of nitrogens with one attached hydrogen (secondary N) is 1. The van der Waals surface area contributed by atoms with Crippen molar-refractivity contribution in [2.75, 3.05) is 7.11 Å². The Morgan fingerprint density at radius 2 is 2.35 bits per heavy atom. The molecule has 0 bridgehead atoms. The quantitative estimate of drug-likeness (QED) is 0.608. The van der Waals surface area contributed by atoms with E-state index in [9.17, 15) is 9.90 Å². The molecule has 5 heteroatoms. The number of para-hydroxylation sites is 1. The number of rotatable bonds is 4. The van der Waals surface area contributed by atoms with Crippen molar-refractivity contribution in [2.45, 2.75) is 12.8 Å². The maximum absolute atomic E-state index is 11.3. The summed E-state index contributed by atoms with van der Waals surface area (Å²) in [6, 6.07) is 5.07. The molecule has 2 rings (SSSR count). The molecule has 17 heavy (non-hydrogen) atoms. The second-order valence-corrected chi connectivity index (χ2v) is 3.91. The van der Waals surface area contributed by atoms with Crippen LogP contribution in [0.2, 0.25) is 0 Å². The number of methoxy groups -OCH3 is 1. The third-order valence-corrected chi connectivity index (χ3v) is 2.58. The minimum absolute atomic E-state index is 0.0134. The molecule has 0 aromatic heterocycles. The highest BCUT2D eigenvalue weighted by atomic mass is 16.5. The van der Waals surface area contributed by atoms with Crippen molar-refractivity contribution in [3.05, 3.63) is 23.8 Å². The number of carbonyl (C=O) groups excluding carboxylic acids is 1. The number of hydrogen-bond acceptors (Lipinski definition) is 4. The van der Waals surface area contributed by atoms with E-state index >= 15 is 0 Å². The van der Waals surface area contributed by atoms with E-state index in [1.165, 1.54) is 13.3 Å². The number of amides is 1. The fraction of sp³-hybridized carbons (Fsp3) is 0.333. The summed E-state index contributed by atoms with van der Waals surface area (Å²) in [6.45, 7) is 0. The lowest BCUT2D eigenvalue weighted by atomic mass is 10.2. The van der Waals surface area contributed by atoms with Gasteiger partial charge in [0.1, 0.15) is 0 Å². The van der Waals surface area contributed by atoms with Crippen LogP contribution in [0, 0.1) is 5.92 Å². The molecule has 2 N–H and O–H groups in total. The summed E-state index contributed by atoms with van der Waals surface area (Å²) in [5.41, 5.74) is 2.94. The molecule has 0 spiro atoms. The molecule has 0 saturated heterocycles. The normalized spacial score (nSPS) is 14.9. The topological polar surface area (TPSA) is 70.9 Å². The van der Waals surface area contributed by atoms with Crippen LogP contribution in [-0.2, 0) is 4.79 Å². The Morgan fingerprint density at radius 1 is 1.59 bits per heavy atom. The van der Waals surface area contributed by atoms with Crippen LogP contribution < -0.4 is 10.2 Å². The van der Waals surface area contributed by atoms with Crippen molar-refractivity contribution >= 4 is 12.1 Å². The molecule has 5 nitrogen and oxygen atoms in total. The number of ether oxygens (including phenoxy) is 1. The zero-order valence-electron chi connectivity index (χ0n) is 9.51. The maximum Gasteiger partial charge on any atom is 0.243 e. The van der Waals surface area contributed by atoms with Crippen molar-refractivity contribution < 1.29 is 14.6 Å². The van der Waals surface area contributed by atoms with Crippen LogP contribution in [0.25, 0.3) is 0 Å². The number of benzene rings is 1. The van der Waals surface area contributed by atoms with Crippen molar-refractivity contribution in [3.8, 4) is 11.5 Å². The highest BCUT2D eigenvalue weighted by Gasteiger charge is 2.29. The predicted octanol–water partition coefficient (Wildman–Crippen LogP) is 1.26. The van der Waals surface area contributed by atoms with E-state index in [0.717, 1.165) is 12.8 Å². The molecule has 1 aliphatic rings. The number of nitrogens with zero attached hydrogens (tertiary/aromatic N) is 1. The van der Waals surface area contributed by atoms with Gasteiger partial charge in [-0.25, -0.2) is 5.43 Å². The van der Waals surface area contributed by atoms with Crippen LogP contribution in [0.15, 0.2) is 23.3 Å². The van der Waals surface area contributed by atoms with Gasteiger partial charge in [0.2, 0.25) is 5.91 Å². The van der Waals surface area contributed by atoms with Crippen LogP contribution in [0.1, 0.15) is 18.4 Å². The van der Waals surface area contributed by atoms with E-state index in [1.807, 2.05) is 0 Å². The molecule has 0 unspecified atom stereocenters. The maximum atomic E-state index is 11.3. The van der Waals surface area contributed by atoms with Crippen molar-refractivity contribution in [3.63, 3.8) is 0 Å². The van der Waals surface area contributed by atoms with Gasteiger partial charge >= 0.3 is 0 Å². The van der Waals surface area contributed by atoms with Gasteiger partial charge < -0.3 is 9.84 Å². The zero-order valence-corrected chi connectivity index (χ0v) is 9.51. The first-order valence-electron chi connectivity index (χ1n) is 5.41. The standard InChI is InChI=1S/C12H14N2O3/c1-17-10-4-2-3-9(11(10)15)7-13-14-12(16)8-5-6-8/h2-4,7-8,15H,5-6H2,1H3,(H,14,16). The molecule has 1 amide bonds. The first kappa shape index (κ1) is 11.4. The van der Waals surface area contributed by atoms with Crippen molar-refractivity contribution in [1.29, 1.82) is 0 Å². The van der Waals surface area contributed by atoms with Gasteiger partial charge in [0.05, 0.1) is 13.3 Å². The number of hydrazone groups is 1. The largest absolute Gasteiger partial charge is 0.504 e. The summed E-state index contributed by atoms with van der Waals surface area (Å²) >= 11 is 0. The fourth-order valence-corrected chi connectivity index (χ4v) is 1.41. The Balaban J connectivity index is 2.02. The predicted molar refractivity (Wildman–Crippen MR) is 63.1 cm³/mol. The molecule has 1 saturated carbocycles. The van der Waals surface area contributed by atoms with E-state index in [4.69, 9.17) is 4.74 Å². The zero-order chi connectivity index (χ0) is 12.3. The summed E-state index contributed by atoms with van der Waals surface area (Å²) in [7, 11) is 1.48. The molecule has 0 atom stereocenters. The van der Waals surface area contributed by atoms with E-state index in [1.54, 1.807) is 18.2 Å². The van der Waals surface area contributed by atoms with Crippen LogP contribution >= 0.6 is 0 Å². The first-order chi connectivity index (χ1) is 8.22. The number of phenolic OH excluding ortho intramolecular Hbond substituents is 1. The van der Waals surface area contributed by atoms with E-state index in [-0.39, 0.29) is 17.6 Å². The van der Waals surface area contributed by atoms with Gasteiger partial charge in [0.15, 0.2) is 11.5 Å². The van der Waals surface area contributed by atoms with Gasteiger partial charge in [0.25, 0.3) is 0 Å². The third-order valence-electron chi connectivity index (χ3n) is 2.58. The van der Waals surface area contributed by atoms with Gasteiger partial charge in [0, 0.05) is 11.5 Å². The summed E-state index contributed by atoms with van der Waals surface area (Å²) in [5, 5.41) is 13.5. The Morgan fingerprint density at radius 3 is 3.00 bits per heavy atom. The number of carbonyl (C=O) groups is 1. The molecule has 1 fully saturated rings. The van der Waals surface area contributed by atoms with Gasteiger partial charge in [-0.05, 0) is 25.0 Å². The van der Waals surface area contributed by atoms with Gasteiger partial charge in [-0.15, -0.1) is 0 Å². The molecule has 90 valence electrons. The minimum atomic E-state index is -0.0661. The molecule has 0 aliphatic heterocycles. The fourth-order valence-electron chi connectivity index (χ4n) is 1.41. The molecular formula is C12H14N2O3. The average Bonchev–Trinajstić information content (AvgIpc) is 3.15. The van der Waals surface area contributed by atoms with Crippen molar-refractivity contribution in [1.82, 2.24) is 5.43 Å². The first-order valence-corrected chi connectivity index (χ1v) is 5.41. The summed E-state index contributed by atoms with van der Waals surface area (Å²) in [4.78, 5) is 11.3. The average molecular weight is 234 g/mol. The van der Waals surface area contributed by atoms with E-state index < -0.39 is 0 Å². The molecule has 0 radical (unpaired) electrons. The van der Waals surface area contributed by atoms with Crippen LogP contribution in [0.3, 0.4) is 0 Å². The second kappa shape index (κ2) is 4.86. The molecule has 0 heterocycles. The Labute approximate surface area is 99.1 Å². The molecular weight excluding hydrogens is 220 g/mol. The SMILES string of the molecule is COc1cccc(C=NNC(=O)C2CC2)c1O. The Hall–Kier alpha value is -2.04.